The number of rotatable bonds is 4. The zero-order chi connectivity index (χ0) is 18.1. The lowest BCUT2D eigenvalue weighted by molar-refractivity contribution is 0.539. The number of hydrogen-bond donors (Lipinski definition) is 1. The Hall–Kier alpha value is -3.41. The summed E-state index contributed by atoms with van der Waals surface area (Å²) in [4.78, 5) is 13.0. The van der Waals surface area contributed by atoms with Crippen molar-refractivity contribution in [1.82, 2.24) is 24.5 Å². The molecule has 0 aliphatic carbocycles. The molecule has 2 heterocycles. The van der Waals surface area contributed by atoms with Crippen LogP contribution in [0.5, 0.6) is 0 Å². The number of aromatic nitrogens is 5. The van der Waals surface area contributed by atoms with E-state index in [1.807, 2.05) is 74.6 Å². The molecule has 6 heteroatoms. The summed E-state index contributed by atoms with van der Waals surface area (Å²) < 4.78 is 3.17. The monoisotopic (exact) mass is 345 g/mol. The Bertz CT molecular complexity index is 1060. The van der Waals surface area contributed by atoms with Crippen LogP contribution in [-0.2, 0) is 0 Å². The third kappa shape index (κ3) is 2.75. The number of nitrogens with one attached hydrogen (secondary N) is 1. The van der Waals surface area contributed by atoms with Crippen LogP contribution < -0.4 is 5.69 Å². The molecule has 2 aromatic heterocycles. The van der Waals surface area contributed by atoms with Crippen LogP contribution in [0.3, 0.4) is 0 Å². The van der Waals surface area contributed by atoms with Gasteiger partial charge in [-0.15, -0.1) is 0 Å². The standard InChI is InChI=1S/C20H19N5O/c1-14(16-6-4-3-5-7-16)25-20(26)24(15(2)23-25)19-10-8-17(9-11-19)18-12-21-22-13-18/h3-14H,1-2H3,(H,21,22). The van der Waals surface area contributed by atoms with Crippen molar-refractivity contribution in [3.63, 3.8) is 0 Å². The second-order valence-corrected chi connectivity index (χ2v) is 6.23. The molecule has 26 heavy (non-hydrogen) atoms. The molecule has 1 atom stereocenters. The minimum Gasteiger partial charge on any atom is -0.285 e. The summed E-state index contributed by atoms with van der Waals surface area (Å²) in [5, 5.41) is 11.3. The predicted molar refractivity (Wildman–Crippen MR) is 100 cm³/mol. The number of benzene rings is 2. The Balaban J connectivity index is 1.72. The first-order valence-electron chi connectivity index (χ1n) is 8.48. The predicted octanol–water partition coefficient (Wildman–Crippen LogP) is 3.34. The van der Waals surface area contributed by atoms with Gasteiger partial charge < -0.3 is 0 Å². The molecule has 1 N–H and O–H groups in total. The van der Waals surface area contributed by atoms with Crippen LogP contribution in [0.1, 0.15) is 24.4 Å². The van der Waals surface area contributed by atoms with E-state index in [9.17, 15) is 4.79 Å². The molecule has 0 aliphatic heterocycles. The Morgan fingerprint density at radius 1 is 1.00 bits per heavy atom. The molecule has 0 saturated carbocycles. The maximum absolute atomic E-state index is 13.0. The van der Waals surface area contributed by atoms with E-state index in [0.29, 0.717) is 5.82 Å². The van der Waals surface area contributed by atoms with Crippen LogP contribution >= 0.6 is 0 Å². The third-order valence-corrected chi connectivity index (χ3v) is 4.57. The Kier molecular flexibility index (Phi) is 4.01. The van der Waals surface area contributed by atoms with Crippen molar-refractivity contribution in [2.45, 2.75) is 19.9 Å². The molecule has 0 spiro atoms. The van der Waals surface area contributed by atoms with E-state index in [-0.39, 0.29) is 11.7 Å². The second kappa shape index (κ2) is 6.48. The van der Waals surface area contributed by atoms with Gasteiger partial charge in [-0.05, 0) is 37.1 Å². The fourth-order valence-electron chi connectivity index (χ4n) is 3.12. The average molecular weight is 345 g/mol. The van der Waals surface area contributed by atoms with Gasteiger partial charge in [0.15, 0.2) is 0 Å². The van der Waals surface area contributed by atoms with Crippen LogP contribution in [0.2, 0.25) is 0 Å². The third-order valence-electron chi connectivity index (χ3n) is 4.57. The van der Waals surface area contributed by atoms with E-state index >= 15 is 0 Å². The van der Waals surface area contributed by atoms with E-state index in [1.54, 1.807) is 10.8 Å². The minimum atomic E-state index is -0.144. The molecule has 0 aliphatic rings. The number of hydrogen-bond acceptors (Lipinski definition) is 3. The maximum atomic E-state index is 13.0. The number of nitrogens with zero attached hydrogens (tertiary/aromatic N) is 4. The SMILES string of the molecule is Cc1nn(C(C)c2ccccc2)c(=O)n1-c1ccc(-c2cn[nH]c2)cc1. The topological polar surface area (TPSA) is 68.5 Å². The van der Waals surface area contributed by atoms with Gasteiger partial charge in [0.05, 0.1) is 17.9 Å². The molecule has 0 bridgehead atoms. The first-order chi connectivity index (χ1) is 12.6. The highest BCUT2D eigenvalue weighted by Gasteiger charge is 2.17. The molecule has 4 rings (SSSR count). The van der Waals surface area contributed by atoms with Crippen LogP contribution in [0.4, 0.5) is 0 Å². The number of H-pyrrole nitrogens is 1. The van der Waals surface area contributed by atoms with Crippen LogP contribution in [0.25, 0.3) is 16.8 Å². The molecule has 1 unspecified atom stereocenters. The van der Waals surface area contributed by atoms with E-state index < -0.39 is 0 Å². The quantitative estimate of drug-likeness (QED) is 0.617. The van der Waals surface area contributed by atoms with E-state index in [4.69, 9.17) is 0 Å². The molecule has 2 aromatic carbocycles. The Morgan fingerprint density at radius 2 is 1.73 bits per heavy atom. The van der Waals surface area contributed by atoms with Crippen molar-refractivity contribution in [2.24, 2.45) is 0 Å². The molecule has 0 fully saturated rings. The van der Waals surface area contributed by atoms with Gasteiger partial charge in [-0.1, -0.05) is 42.5 Å². The largest absolute Gasteiger partial charge is 0.351 e. The summed E-state index contributed by atoms with van der Waals surface area (Å²) in [5.74, 6) is 0.661. The van der Waals surface area contributed by atoms with Gasteiger partial charge in [0.25, 0.3) is 0 Å². The van der Waals surface area contributed by atoms with Crippen molar-refractivity contribution in [3.8, 4) is 16.8 Å². The summed E-state index contributed by atoms with van der Waals surface area (Å²) in [6.45, 7) is 3.83. The van der Waals surface area contributed by atoms with Gasteiger partial charge in [0.1, 0.15) is 5.82 Å². The fourth-order valence-corrected chi connectivity index (χ4v) is 3.12. The normalized spacial score (nSPS) is 12.2. The van der Waals surface area contributed by atoms with E-state index in [1.165, 1.54) is 4.68 Å². The van der Waals surface area contributed by atoms with Gasteiger partial charge >= 0.3 is 5.69 Å². The van der Waals surface area contributed by atoms with Crippen LogP contribution in [0, 0.1) is 6.92 Å². The highest BCUT2D eigenvalue weighted by Crippen LogP contribution is 2.20. The lowest BCUT2D eigenvalue weighted by Gasteiger charge is -2.10. The number of aromatic amines is 1. The van der Waals surface area contributed by atoms with Gasteiger partial charge in [-0.25, -0.2) is 14.0 Å². The van der Waals surface area contributed by atoms with Crippen molar-refractivity contribution < 1.29 is 0 Å². The number of aryl methyl sites for hydroxylation is 1. The van der Waals surface area contributed by atoms with Gasteiger partial charge in [0.2, 0.25) is 0 Å². The lowest BCUT2D eigenvalue weighted by atomic mass is 10.1. The summed E-state index contributed by atoms with van der Waals surface area (Å²) in [6.07, 6.45) is 3.61. The summed E-state index contributed by atoms with van der Waals surface area (Å²) in [5.41, 5.74) is 3.75. The first kappa shape index (κ1) is 16.1. The molecular weight excluding hydrogens is 326 g/mol. The molecule has 0 radical (unpaired) electrons. The van der Waals surface area contributed by atoms with Gasteiger partial charge in [-0.2, -0.15) is 10.2 Å². The van der Waals surface area contributed by atoms with Crippen molar-refractivity contribution in [2.75, 3.05) is 0 Å². The first-order valence-corrected chi connectivity index (χ1v) is 8.48. The summed E-state index contributed by atoms with van der Waals surface area (Å²) in [6, 6.07) is 17.6. The summed E-state index contributed by atoms with van der Waals surface area (Å²) >= 11 is 0. The fraction of sp³-hybridized carbons (Fsp3) is 0.150. The molecular formula is C20H19N5O. The van der Waals surface area contributed by atoms with Crippen molar-refractivity contribution in [1.29, 1.82) is 0 Å². The Labute approximate surface area is 150 Å². The maximum Gasteiger partial charge on any atom is 0.351 e. The second-order valence-electron chi connectivity index (χ2n) is 6.23. The summed E-state index contributed by atoms with van der Waals surface area (Å²) in [7, 11) is 0. The van der Waals surface area contributed by atoms with E-state index in [2.05, 4.69) is 15.3 Å². The molecule has 6 nitrogen and oxygen atoms in total. The minimum absolute atomic E-state index is 0.131. The highest BCUT2D eigenvalue weighted by atomic mass is 16.2. The molecule has 0 saturated heterocycles. The van der Waals surface area contributed by atoms with Crippen molar-refractivity contribution >= 4 is 0 Å². The van der Waals surface area contributed by atoms with Crippen molar-refractivity contribution in [3.05, 3.63) is 88.9 Å². The Morgan fingerprint density at radius 3 is 2.38 bits per heavy atom. The average Bonchev–Trinajstić information content (AvgIpc) is 3.30. The molecule has 4 aromatic rings. The lowest BCUT2D eigenvalue weighted by Crippen LogP contribution is -2.27. The van der Waals surface area contributed by atoms with Gasteiger partial charge in [-0.3, -0.25) is 5.10 Å². The molecule has 0 amide bonds. The van der Waals surface area contributed by atoms with E-state index in [0.717, 1.165) is 22.4 Å². The zero-order valence-electron chi connectivity index (χ0n) is 14.6. The van der Waals surface area contributed by atoms with Gasteiger partial charge in [0, 0.05) is 11.8 Å². The zero-order valence-corrected chi connectivity index (χ0v) is 14.6. The van der Waals surface area contributed by atoms with Crippen LogP contribution in [-0.4, -0.2) is 24.5 Å². The highest BCUT2D eigenvalue weighted by molar-refractivity contribution is 5.63. The smallest absolute Gasteiger partial charge is 0.285 e. The molecule has 130 valence electrons. The van der Waals surface area contributed by atoms with Crippen LogP contribution in [0.15, 0.2) is 71.8 Å².